The third kappa shape index (κ3) is 4.53. The fourth-order valence-corrected chi connectivity index (χ4v) is 7.60. The Balaban J connectivity index is 1.65. The van der Waals surface area contributed by atoms with Crippen LogP contribution in [-0.2, 0) is 45.4 Å². The van der Waals surface area contributed by atoms with E-state index in [1.165, 1.54) is 12.7 Å². The van der Waals surface area contributed by atoms with Crippen LogP contribution in [0, 0.1) is 0 Å². The molecule has 1 aromatic heterocycles. The SMILES string of the molecule is COC(=O)c1c(S(=O)(=O)Nc2ccc3c(c2)CCC3)sc2c1CCN(C(=O)CCSC)C2. The van der Waals surface area contributed by atoms with Crippen LogP contribution in [-0.4, -0.2) is 50.9 Å². The number of rotatable bonds is 7. The largest absolute Gasteiger partial charge is 0.465 e. The van der Waals surface area contributed by atoms with Crippen LogP contribution in [0.4, 0.5) is 5.69 Å². The van der Waals surface area contributed by atoms with E-state index in [4.69, 9.17) is 4.74 Å². The van der Waals surface area contributed by atoms with Gasteiger partial charge >= 0.3 is 5.97 Å². The van der Waals surface area contributed by atoms with Gasteiger partial charge in [-0.15, -0.1) is 11.3 Å². The molecule has 10 heteroatoms. The Morgan fingerprint density at radius 2 is 2.00 bits per heavy atom. The van der Waals surface area contributed by atoms with Gasteiger partial charge in [-0.2, -0.15) is 11.8 Å². The topological polar surface area (TPSA) is 92.8 Å². The number of sulfonamides is 1. The average molecular weight is 495 g/mol. The van der Waals surface area contributed by atoms with Crippen molar-refractivity contribution in [1.29, 1.82) is 0 Å². The minimum absolute atomic E-state index is 0.0405. The van der Waals surface area contributed by atoms with E-state index in [1.54, 1.807) is 22.7 Å². The van der Waals surface area contributed by atoms with Gasteiger partial charge in [0.2, 0.25) is 5.91 Å². The van der Waals surface area contributed by atoms with Gasteiger partial charge in [0.25, 0.3) is 10.0 Å². The zero-order valence-corrected chi connectivity index (χ0v) is 20.6. The van der Waals surface area contributed by atoms with Gasteiger partial charge in [0.1, 0.15) is 0 Å². The Hall–Kier alpha value is -2.04. The number of amides is 1. The third-order valence-electron chi connectivity index (χ3n) is 5.88. The molecule has 2 aromatic rings. The van der Waals surface area contributed by atoms with Gasteiger partial charge in [-0.05, 0) is 60.8 Å². The number of methoxy groups -OCH3 is 1. The number of thiophene rings is 1. The number of thioether (sulfide) groups is 1. The van der Waals surface area contributed by atoms with Crippen LogP contribution in [0.5, 0.6) is 0 Å². The molecular weight excluding hydrogens is 468 g/mol. The van der Waals surface area contributed by atoms with Crippen molar-refractivity contribution in [2.75, 3.05) is 30.4 Å². The van der Waals surface area contributed by atoms with Crippen LogP contribution in [0.15, 0.2) is 22.4 Å². The highest BCUT2D eigenvalue weighted by atomic mass is 32.2. The molecule has 172 valence electrons. The highest BCUT2D eigenvalue weighted by Gasteiger charge is 2.35. The molecule has 1 N–H and O–H groups in total. The summed E-state index contributed by atoms with van der Waals surface area (Å²) in [6, 6.07) is 5.59. The van der Waals surface area contributed by atoms with E-state index in [9.17, 15) is 18.0 Å². The second kappa shape index (κ2) is 9.44. The lowest BCUT2D eigenvalue weighted by molar-refractivity contribution is -0.131. The molecule has 2 heterocycles. The van der Waals surface area contributed by atoms with Crippen molar-refractivity contribution in [3.8, 4) is 0 Å². The second-order valence-electron chi connectivity index (χ2n) is 7.91. The molecule has 1 aliphatic heterocycles. The van der Waals surface area contributed by atoms with Gasteiger partial charge in [0, 0.05) is 29.3 Å². The minimum Gasteiger partial charge on any atom is -0.465 e. The summed E-state index contributed by atoms with van der Waals surface area (Å²) in [7, 11) is -2.75. The van der Waals surface area contributed by atoms with Crippen LogP contribution in [0.1, 0.15) is 44.8 Å². The number of benzene rings is 1. The molecular formula is C22H26N2O5S3. The van der Waals surface area contributed by atoms with Crippen molar-refractivity contribution in [2.45, 2.75) is 42.9 Å². The summed E-state index contributed by atoms with van der Waals surface area (Å²) in [6.07, 6.45) is 5.84. The lowest BCUT2D eigenvalue weighted by atomic mass is 10.0. The van der Waals surface area contributed by atoms with E-state index < -0.39 is 16.0 Å². The molecule has 0 saturated carbocycles. The first-order valence-electron chi connectivity index (χ1n) is 10.5. The summed E-state index contributed by atoms with van der Waals surface area (Å²) in [5, 5.41) is 0. The van der Waals surface area contributed by atoms with Crippen molar-refractivity contribution >= 4 is 50.7 Å². The van der Waals surface area contributed by atoms with Crippen LogP contribution in [0.3, 0.4) is 0 Å². The van der Waals surface area contributed by atoms with Crippen LogP contribution < -0.4 is 4.72 Å². The Morgan fingerprint density at radius 3 is 2.75 bits per heavy atom. The fourth-order valence-electron chi connectivity index (χ4n) is 4.27. The van der Waals surface area contributed by atoms with Crippen molar-refractivity contribution in [3.05, 3.63) is 45.3 Å². The molecule has 4 rings (SSSR count). The van der Waals surface area contributed by atoms with E-state index in [0.717, 1.165) is 46.8 Å². The smallest absolute Gasteiger partial charge is 0.340 e. The van der Waals surface area contributed by atoms with E-state index in [-0.39, 0.29) is 15.7 Å². The highest BCUT2D eigenvalue weighted by Crippen LogP contribution is 2.38. The zero-order chi connectivity index (χ0) is 22.9. The summed E-state index contributed by atoms with van der Waals surface area (Å²) in [6.45, 7) is 0.768. The van der Waals surface area contributed by atoms with Crippen LogP contribution >= 0.6 is 23.1 Å². The molecule has 1 aliphatic carbocycles. The summed E-state index contributed by atoms with van der Waals surface area (Å²) in [4.78, 5) is 27.5. The number of aryl methyl sites for hydroxylation is 2. The van der Waals surface area contributed by atoms with Crippen molar-refractivity contribution in [3.63, 3.8) is 0 Å². The molecule has 0 atom stereocenters. The number of esters is 1. The van der Waals surface area contributed by atoms with E-state index in [1.807, 2.05) is 18.4 Å². The second-order valence-corrected chi connectivity index (χ2v) is 11.9. The first-order chi connectivity index (χ1) is 15.3. The monoisotopic (exact) mass is 494 g/mol. The van der Waals surface area contributed by atoms with E-state index >= 15 is 0 Å². The fraction of sp³-hybridized carbons (Fsp3) is 0.455. The first kappa shape index (κ1) is 23.1. The number of carbonyl (C=O) groups is 2. The van der Waals surface area contributed by atoms with Gasteiger partial charge < -0.3 is 9.64 Å². The summed E-state index contributed by atoms with van der Waals surface area (Å²) in [5.74, 6) is 0.113. The summed E-state index contributed by atoms with van der Waals surface area (Å²) < 4.78 is 34.2. The van der Waals surface area contributed by atoms with Gasteiger partial charge in [-0.25, -0.2) is 13.2 Å². The maximum atomic E-state index is 13.3. The van der Waals surface area contributed by atoms with Gasteiger partial charge in [0.15, 0.2) is 4.21 Å². The van der Waals surface area contributed by atoms with Gasteiger partial charge in [0.05, 0.1) is 19.2 Å². The molecule has 2 aliphatic rings. The Bertz CT molecular complexity index is 1160. The third-order valence-corrected chi connectivity index (χ3v) is 9.61. The van der Waals surface area contributed by atoms with Crippen molar-refractivity contribution in [2.24, 2.45) is 0 Å². The number of ether oxygens (including phenoxy) is 1. The van der Waals surface area contributed by atoms with Crippen molar-refractivity contribution < 1.29 is 22.7 Å². The predicted octanol–water partition coefficient (Wildman–Crippen LogP) is 3.46. The molecule has 1 aromatic carbocycles. The highest BCUT2D eigenvalue weighted by molar-refractivity contribution is 7.98. The Kier molecular flexibility index (Phi) is 6.83. The van der Waals surface area contributed by atoms with E-state index in [0.29, 0.717) is 37.2 Å². The number of carbonyl (C=O) groups excluding carboxylic acids is 2. The molecule has 0 radical (unpaired) electrons. The summed E-state index contributed by atoms with van der Waals surface area (Å²) >= 11 is 2.66. The Labute approximate surface area is 196 Å². The normalized spacial score (nSPS) is 15.2. The maximum absolute atomic E-state index is 13.3. The first-order valence-corrected chi connectivity index (χ1v) is 14.2. The molecule has 0 fully saturated rings. The number of hydrogen-bond acceptors (Lipinski definition) is 7. The molecule has 0 spiro atoms. The molecule has 1 amide bonds. The summed E-state index contributed by atoms with van der Waals surface area (Å²) in [5.41, 5.74) is 3.66. The standard InChI is InChI=1S/C22H26N2O5S3/c1-29-21(26)20-17-8-10-24(19(25)9-11-30-2)13-18(17)31-22(20)32(27,28)23-16-7-6-14-4-3-5-15(14)12-16/h6-7,12,23H,3-5,8-11,13H2,1-2H3. The lowest BCUT2D eigenvalue weighted by Crippen LogP contribution is -2.35. The van der Waals surface area contributed by atoms with Crippen LogP contribution in [0.25, 0.3) is 0 Å². The molecule has 32 heavy (non-hydrogen) atoms. The average Bonchev–Trinajstić information content (AvgIpc) is 3.40. The maximum Gasteiger partial charge on any atom is 0.340 e. The number of nitrogens with zero attached hydrogens (tertiary/aromatic N) is 1. The molecule has 0 bridgehead atoms. The number of fused-ring (bicyclic) bond motifs is 2. The van der Waals surface area contributed by atoms with Crippen LogP contribution in [0.2, 0.25) is 0 Å². The number of nitrogens with one attached hydrogen (secondary N) is 1. The Morgan fingerprint density at radius 1 is 1.22 bits per heavy atom. The van der Waals surface area contributed by atoms with Gasteiger partial charge in [-0.3, -0.25) is 9.52 Å². The van der Waals surface area contributed by atoms with E-state index in [2.05, 4.69) is 4.72 Å². The molecule has 7 nitrogen and oxygen atoms in total. The van der Waals surface area contributed by atoms with Gasteiger partial charge in [-0.1, -0.05) is 6.07 Å². The lowest BCUT2D eigenvalue weighted by Gasteiger charge is -2.27. The molecule has 0 saturated heterocycles. The number of anilines is 1. The predicted molar refractivity (Wildman–Crippen MR) is 127 cm³/mol. The van der Waals surface area contributed by atoms with Crippen molar-refractivity contribution in [1.82, 2.24) is 4.90 Å². The number of hydrogen-bond donors (Lipinski definition) is 1. The molecule has 0 unspecified atom stereocenters. The minimum atomic E-state index is -4.00. The zero-order valence-electron chi connectivity index (χ0n) is 18.1. The quantitative estimate of drug-likeness (QED) is 0.593.